The summed E-state index contributed by atoms with van der Waals surface area (Å²) in [5, 5.41) is 3.01. The molecule has 0 spiro atoms. The van der Waals surface area contributed by atoms with Gasteiger partial charge in [-0.1, -0.05) is 35.3 Å². The molecule has 2 aromatic carbocycles. The SMILES string of the molecule is COc1ccc(Cl)cc1C(=O)NNC(=O)CNC(=O)c1ccccc1Cl. The number of hydrogen-bond donors (Lipinski definition) is 3. The molecule has 0 aliphatic heterocycles. The highest BCUT2D eigenvalue weighted by atomic mass is 35.5. The van der Waals surface area contributed by atoms with Crippen LogP contribution in [0.3, 0.4) is 0 Å². The molecule has 0 fully saturated rings. The highest BCUT2D eigenvalue weighted by molar-refractivity contribution is 6.33. The van der Waals surface area contributed by atoms with Crippen molar-refractivity contribution in [3.8, 4) is 5.75 Å². The lowest BCUT2D eigenvalue weighted by molar-refractivity contribution is -0.120. The van der Waals surface area contributed by atoms with Gasteiger partial charge in [0.2, 0.25) is 0 Å². The first-order chi connectivity index (χ1) is 12.4. The third-order valence-electron chi connectivity index (χ3n) is 3.25. The van der Waals surface area contributed by atoms with Crippen molar-refractivity contribution in [2.75, 3.05) is 13.7 Å². The van der Waals surface area contributed by atoms with E-state index in [2.05, 4.69) is 16.2 Å². The van der Waals surface area contributed by atoms with E-state index in [0.29, 0.717) is 10.8 Å². The summed E-state index contributed by atoms with van der Waals surface area (Å²) < 4.78 is 5.07. The smallest absolute Gasteiger partial charge is 0.273 e. The molecule has 3 N–H and O–H groups in total. The summed E-state index contributed by atoms with van der Waals surface area (Å²) in [5.41, 5.74) is 4.81. The molecule has 0 atom stereocenters. The quantitative estimate of drug-likeness (QED) is 0.676. The summed E-state index contributed by atoms with van der Waals surface area (Å²) in [6, 6.07) is 10.9. The van der Waals surface area contributed by atoms with E-state index in [0.717, 1.165) is 0 Å². The largest absolute Gasteiger partial charge is 0.496 e. The number of amides is 3. The van der Waals surface area contributed by atoms with E-state index in [9.17, 15) is 14.4 Å². The Balaban J connectivity index is 1.87. The standard InChI is InChI=1S/C17H15Cl2N3O4/c1-26-14-7-6-10(18)8-12(14)17(25)22-21-15(23)9-20-16(24)11-4-2-3-5-13(11)19/h2-8H,9H2,1H3,(H,20,24)(H,21,23)(H,22,25). The number of carbonyl (C=O) groups is 3. The van der Waals surface area contributed by atoms with Crippen molar-refractivity contribution >= 4 is 40.9 Å². The zero-order valence-electron chi connectivity index (χ0n) is 13.6. The van der Waals surface area contributed by atoms with Crippen molar-refractivity contribution in [2.24, 2.45) is 0 Å². The fourth-order valence-electron chi connectivity index (χ4n) is 2.00. The van der Waals surface area contributed by atoms with Crippen LogP contribution in [-0.2, 0) is 4.79 Å². The van der Waals surface area contributed by atoms with Crippen LogP contribution in [0.5, 0.6) is 5.75 Å². The van der Waals surface area contributed by atoms with Crippen LogP contribution in [0, 0.1) is 0 Å². The molecule has 2 rings (SSSR count). The lowest BCUT2D eigenvalue weighted by atomic mass is 10.2. The molecule has 136 valence electrons. The predicted octanol–water partition coefficient (Wildman–Crippen LogP) is 2.19. The lowest BCUT2D eigenvalue weighted by Gasteiger charge is -2.11. The topological polar surface area (TPSA) is 96.5 Å². The summed E-state index contributed by atoms with van der Waals surface area (Å²) in [5.74, 6) is -1.45. The fourth-order valence-corrected chi connectivity index (χ4v) is 2.39. The predicted molar refractivity (Wildman–Crippen MR) is 97.4 cm³/mol. The van der Waals surface area contributed by atoms with Crippen LogP contribution in [0.1, 0.15) is 20.7 Å². The van der Waals surface area contributed by atoms with Crippen molar-refractivity contribution in [3.05, 3.63) is 63.6 Å². The van der Waals surface area contributed by atoms with E-state index in [-0.39, 0.29) is 22.7 Å². The molecule has 2 aromatic rings. The Morgan fingerprint density at radius 2 is 1.69 bits per heavy atom. The van der Waals surface area contributed by atoms with Gasteiger partial charge in [0.1, 0.15) is 5.75 Å². The molecule has 0 saturated carbocycles. The monoisotopic (exact) mass is 395 g/mol. The first-order valence-corrected chi connectivity index (χ1v) is 8.13. The van der Waals surface area contributed by atoms with Gasteiger partial charge in [0, 0.05) is 5.02 Å². The van der Waals surface area contributed by atoms with E-state index in [4.69, 9.17) is 27.9 Å². The van der Waals surface area contributed by atoms with Gasteiger partial charge in [0.15, 0.2) is 0 Å². The third-order valence-corrected chi connectivity index (χ3v) is 3.81. The normalized spacial score (nSPS) is 9.96. The summed E-state index contributed by atoms with van der Waals surface area (Å²) in [7, 11) is 1.41. The van der Waals surface area contributed by atoms with Crippen LogP contribution in [0.15, 0.2) is 42.5 Å². The number of benzene rings is 2. The van der Waals surface area contributed by atoms with Gasteiger partial charge in [-0.25, -0.2) is 0 Å². The second-order valence-corrected chi connectivity index (χ2v) is 5.85. The molecule has 0 unspecified atom stereocenters. The Morgan fingerprint density at radius 1 is 0.962 bits per heavy atom. The van der Waals surface area contributed by atoms with Crippen molar-refractivity contribution in [2.45, 2.75) is 0 Å². The van der Waals surface area contributed by atoms with E-state index in [1.54, 1.807) is 24.3 Å². The number of ether oxygens (including phenoxy) is 1. The van der Waals surface area contributed by atoms with Gasteiger partial charge in [0.25, 0.3) is 17.7 Å². The number of nitrogens with one attached hydrogen (secondary N) is 3. The summed E-state index contributed by atoms with van der Waals surface area (Å²) in [6.45, 7) is -0.350. The number of rotatable bonds is 5. The van der Waals surface area contributed by atoms with Crippen LogP contribution in [0.2, 0.25) is 10.0 Å². The van der Waals surface area contributed by atoms with E-state index >= 15 is 0 Å². The van der Waals surface area contributed by atoms with E-state index < -0.39 is 17.7 Å². The van der Waals surface area contributed by atoms with Crippen LogP contribution >= 0.6 is 23.2 Å². The van der Waals surface area contributed by atoms with Crippen LogP contribution in [0.4, 0.5) is 0 Å². The maximum atomic E-state index is 12.1. The Labute approximate surface area is 159 Å². The molecule has 0 saturated heterocycles. The second-order valence-electron chi connectivity index (χ2n) is 5.01. The molecule has 0 bridgehead atoms. The van der Waals surface area contributed by atoms with Gasteiger partial charge in [-0.3, -0.25) is 25.2 Å². The van der Waals surface area contributed by atoms with Gasteiger partial charge in [-0.2, -0.15) is 0 Å². The Hall–Kier alpha value is -2.77. The molecule has 7 nitrogen and oxygen atoms in total. The van der Waals surface area contributed by atoms with Crippen LogP contribution in [-0.4, -0.2) is 31.4 Å². The molecule has 0 aliphatic carbocycles. The average molecular weight is 396 g/mol. The van der Waals surface area contributed by atoms with Gasteiger partial charge >= 0.3 is 0 Å². The number of carbonyl (C=O) groups excluding carboxylic acids is 3. The molecule has 0 aliphatic rings. The van der Waals surface area contributed by atoms with Gasteiger partial charge < -0.3 is 10.1 Å². The van der Waals surface area contributed by atoms with Gasteiger partial charge in [0.05, 0.1) is 29.8 Å². The highest BCUT2D eigenvalue weighted by Gasteiger charge is 2.15. The summed E-state index contributed by atoms with van der Waals surface area (Å²) in [4.78, 5) is 35.9. The van der Waals surface area contributed by atoms with Crippen molar-refractivity contribution in [1.82, 2.24) is 16.2 Å². The minimum absolute atomic E-state index is 0.153. The van der Waals surface area contributed by atoms with Crippen LogP contribution in [0.25, 0.3) is 0 Å². The van der Waals surface area contributed by atoms with Crippen molar-refractivity contribution in [3.63, 3.8) is 0 Å². The number of hydrogen-bond acceptors (Lipinski definition) is 4. The maximum absolute atomic E-state index is 12.1. The van der Waals surface area contributed by atoms with Crippen molar-refractivity contribution < 1.29 is 19.1 Å². The first kappa shape index (κ1) is 19.6. The molecule has 0 heterocycles. The third kappa shape index (κ3) is 5.11. The Kier molecular flexibility index (Phi) is 6.82. The minimum atomic E-state index is -0.625. The molecular formula is C17H15Cl2N3O4. The number of methoxy groups -OCH3 is 1. The number of hydrazine groups is 1. The maximum Gasteiger partial charge on any atom is 0.273 e. The summed E-state index contributed by atoms with van der Waals surface area (Å²) in [6.07, 6.45) is 0. The summed E-state index contributed by atoms with van der Waals surface area (Å²) >= 11 is 11.8. The highest BCUT2D eigenvalue weighted by Crippen LogP contribution is 2.22. The molecular weight excluding hydrogens is 381 g/mol. The Bertz CT molecular complexity index is 843. The molecule has 0 radical (unpaired) electrons. The molecule has 3 amide bonds. The first-order valence-electron chi connectivity index (χ1n) is 7.38. The van der Waals surface area contributed by atoms with Crippen molar-refractivity contribution in [1.29, 1.82) is 0 Å². The zero-order valence-corrected chi connectivity index (χ0v) is 15.1. The fraction of sp³-hybridized carbons (Fsp3) is 0.118. The minimum Gasteiger partial charge on any atom is -0.496 e. The number of halogens is 2. The second kappa shape index (κ2) is 9.07. The van der Waals surface area contributed by atoms with Gasteiger partial charge in [-0.05, 0) is 30.3 Å². The zero-order chi connectivity index (χ0) is 19.1. The average Bonchev–Trinajstić information content (AvgIpc) is 2.64. The van der Waals surface area contributed by atoms with E-state index in [1.807, 2.05) is 0 Å². The van der Waals surface area contributed by atoms with E-state index in [1.165, 1.54) is 25.3 Å². The molecule has 0 aromatic heterocycles. The van der Waals surface area contributed by atoms with Crippen LogP contribution < -0.4 is 20.9 Å². The lowest BCUT2D eigenvalue weighted by Crippen LogP contribution is -2.46. The van der Waals surface area contributed by atoms with Gasteiger partial charge in [-0.15, -0.1) is 0 Å². The Morgan fingerprint density at radius 3 is 2.38 bits per heavy atom. The molecule has 9 heteroatoms. The molecule has 26 heavy (non-hydrogen) atoms.